The minimum Gasteiger partial charge on any atom is -0.354 e. The van der Waals surface area contributed by atoms with Gasteiger partial charge in [0.25, 0.3) is 0 Å². The second kappa shape index (κ2) is 7.53. The molecule has 1 rings (SSSR count). The molecule has 0 aromatic heterocycles. The molecule has 0 saturated carbocycles. The summed E-state index contributed by atoms with van der Waals surface area (Å²) in [6.07, 6.45) is 0.764. The zero-order valence-electron chi connectivity index (χ0n) is 11.3. The van der Waals surface area contributed by atoms with Crippen LogP contribution >= 0.6 is 0 Å². The van der Waals surface area contributed by atoms with Crippen molar-refractivity contribution in [3.63, 3.8) is 0 Å². The average molecular weight is 263 g/mol. The van der Waals surface area contributed by atoms with Gasteiger partial charge in [0.05, 0.1) is 6.04 Å². The van der Waals surface area contributed by atoms with Gasteiger partial charge in [0.15, 0.2) is 0 Å². The maximum absolute atomic E-state index is 11.7. The van der Waals surface area contributed by atoms with Crippen LogP contribution in [0.2, 0.25) is 0 Å². The predicted octanol–water partition coefficient (Wildman–Crippen LogP) is 0.197. The Hall–Kier alpha value is -1.88. The second-order valence-electron chi connectivity index (χ2n) is 4.55. The summed E-state index contributed by atoms with van der Waals surface area (Å²) in [6.45, 7) is 3.76. The van der Waals surface area contributed by atoms with Gasteiger partial charge in [-0.1, -0.05) is 30.3 Å². The Morgan fingerprint density at radius 3 is 2.37 bits per heavy atom. The lowest BCUT2D eigenvalue weighted by Crippen LogP contribution is -2.49. The highest BCUT2D eigenvalue weighted by Gasteiger charge is 2.16. The standard InChI is InChI=1S/C14H21N3O2/c1-10(15)13(18)17-11(2)14(19)16-9-8-12-6-4-3-5-7-12/h3-7,10-11H,8-9,15H2,1-2H3,(H,16,19)(H,17,18)/t10-,11+/m1/s1. The van der Waals surface area contributed by atoms with Crippen molar-refractivity contribution in [3.05, 3.63) is 35.9 Å². The fourth-order valence-corrected chi connectivity index (χ4v) is 1.54. The van der Waals surface area contributed by atoms with Crippen LogP contribution < -0.4 is 16.4 Å². The number of nitrogens with one attached hydrogen (secondary N) is 2. The molecule has 0 radical (unpaired) electrons. The molecule has 0 bridgehead atoms. The Bertz CT molecular complexity index is 418. The number of nitrogens with two attached hydrogens (primary N) is 1. The summed E-state index contributed by atoms with van der Waals surface area (Å²) >= 11 is 0. The maximum Gasteiger partial charge on any atom is 0.242 e. The number of carbonyl (C=O) groups excluding carboxylic acids is 2. The highest BCUT2D eigenvalue weighted by Crippen LogP contribution is 1.98. The van der Waals surface area contributed by atoms with Gasteiger partial charge in [0, 0.05) is 6.54 Å². The predicted molar refractivity (Wildman–Crippen MR) is 74.4 cm³/mol. The van der Waals surface area contributed by atoms with E-state index in [0.29, 0.717) is 6.54 Å². The molecular weight excluding hydrogens is 242 g/mol. The molecule has 5 nitrogen and oxygen atoms in total. The van der Waals surface area contributed by atoms with Gasteiger partial charge in [0.1, 0.15) is 6.04 Å². The first-order valence-corrected chi connectivity index (χ1v) is 6.38. The van der Waals surface area contributed by atoms with Gasteiger partial charge in [-0.05, 0) is 25.8 Å². The molecule has 4 N–H and O–H groups in total. The van der Waals surface area contributed by atoms with E-state index in [-0.39, 0.29) is 11.8 Å². The van der Waals surface area contributed by atoms with Crippen LogP contribution in [0, 0.1) is 0 Å². The third-order valence-corrected chi connectivity index (χ3v) is 2.72. The monoisotopic (exact) mass is 263 g/mol. The van der Waals surface area contributed by atoms with Crippen molar-refractivity contribution in [2.75, 3.05) is 6.54 Å². The van der Waals surface area contributed by atoms with E-state index in [1.54, 1.807) is 13.8 Å². The molecule has 2 atom stereocenters. The molecule has 0 saturated heterocycles. The van der Waals surface area contributed by atoms with E-state index in [4.69, 9.17) is 5.73 Å². The summed E-state index contributed by atoms with van der Waals surface area (Å²) < 4.78 is 0. The molecule has 0 aliphatic rings. The summed E-state index contributed by atoms with van der Waals surface area (Å²) in [5.74, 6) is -0.532. The molecule has 2 amide bonds. The van der Waals surface area contributed by atoms with Gasteiger partial charge in [-0.2, -0.15) is 0 Å². The van der Waals surface area contributed by atoms with Crippen LogP contribution in [0.5, 0.6) is 0 Å². The molecule has 0 fully saturated rings. The normalized spacial score (nSPS) is 13.4. The van der Waals surface area contributed by atoms with E-state index in [1.165, 1.54) is 0 Å². The van der Waals surface area contributed by atoms with Gasteiger partial charge in [0.2, 0.25) is 11.8 Å². The Kier molecular flexibility index (Phi) is 6.02. The van der Waals surface area contributed by atoms with E-state index in [1.807, 2.05) is 30.3 Å². The van der Waals surface area contributed by atoms with Crippen molar-refractivity contribution in [1.29, 1.82) is 0 Å². The van der Waals surface area contributed by atoms with Crippen LogP contribution in [-0.2, 0) is 16.0 Å². The van der Waals surface area contributed by atoms with Crippen LogP contribution in [0.25, 0.3) is 0 Å². The molecular formula is C14H21N3O2. The molecule has 0 aliphatic heterocycles. The molecule has 1 aromatic rings. The van der Waals surface area contributed by atoms with Crippen LogP contribution in [0.15, 0.2) is 30.3 Å². The van der Waals surface area contributed by atoms with Crippen LogP contribution in [0.4, 0.5) is 0 Å². The lowest BCUT2D eigenvalue weighted by Gasteiger charge is -2.15. The van der Waals surface area contributed by atoms with Crippen molar-refractivity contribution in [2.45, 2.75) is 32.4 Å². The fraction of sp³-hybridized carbons (Fsp3) is 0.429. The summed E-state index contributed by atoms with van der Waals surface area (Å²) in [5, 5.41) is 5.33. The van der Waals surface area contributed by atoms with E-state index >= 15 is 0 Å². The third kappa shape index (κ3) is 5.52. The molecule has 104 valence electrons. The quantitative estimate of drug-likeness (QED) is 0.685. The minimum atomic E-state index is -0.612. The van der Waals surface area contributed by atoms with Gasteiger partial charge in [-0.15, -0.1) is 0 Å². The molecule has 1 aromatic carbocycles. The van der Waals surface area contributed by atoms with Gasteiger partial charge in [-0.25, -0.2) is 0 Å². The van der Waals surface area contributed by atoms with E-state index in [0.717, 1.165) is 12.0 Å². The van der Waals surface area contributed by atoms with Crippen molar-refractivity contribution in [2.24, 2.45) is 5.73 Å². The topological polar surface area (TPSA) is 84.2 Å². The van der Waals surface area contributed by atoms with Gasteiger partial charge < -0.3 is 16.4 Å². The highest BCUT2D eigenvalue weighted by atomic mass is 16.2. The Morgan fingerprint density at radius 2 is 1.79 bits per heavy atom. The first-order valence-electron chi connectivity index (χ1n) is 6.38. The Balaban J connectivity index is 2.29. The maximum atomic E-state index is 11.7. The number of hydrogen-bond acceptors (Lipinski definition) is 3. The van der Waals surface area contributed by atoms with Gasteiger partial charge >= 0.3 is 0 Å². The number of hydrogen-bond donors (Lipinski definition) is 3. The first kappa shape index (κ1) is 15.2. The summed E-state index contributed by atoms with van der Waals surface area (Å²) in [4.78, 5) is 23.1. The van der Waals surface area contributed by atoms with Crippen molar-refractivity contribution in [1.82, 2.24) is 10.6 Å². The lowest BCUT2D eigenvalue weighted by atomic mass is 10.1. The number of benzene rings is 1. The number of amides is 2. The Labute approximate surface area is 113 Å². The molecule has 0 heterocycles. The minimum absolute atomic E-state index is 0.204. The summed E-state index contributed by atoms with van der Waals surface area (Å²) in [7, 11) is 0. The highest BCUT2D eigenvalue weighted by molar-refractivity contribution is 5.89. The molecule has 0 unspecified atom stereocenters. The zero-order valence-corrected chi connectivity index (χ0v) is 11.3. The molecule has 0 spiro atoms. The van der Waals surface area contributed by atoms with Crippen LogP contribution in [0.3, 0.4) is 0 Å². The van der Waals surface area contributed by atoms with E-state index < -0.39 is 12.1 Å². The number of rotatable bonds is 6. The second-order valence-corrected chi connectivity index (χ2v) is 4.55. The number of carbonyl (C=O) groups is 2. The van der Waals surface area contributed by atoms with Crippen LogP contribution in [0.1, 0.15) is 19.4 Å². The Morgan fingerprint density at radius 1 is 1.16 bits per heavy atom. The largest absolute Gasteiger partial charge is 0.354 e. The third-order valence-electron chi connectivity index (χ3n) is 2.72. The lowest BCUT2D eigenvalue weighted by molar-refractivity contribution is -0.129. The van der Waals surface area contributed by atoms with E-state index in [9.17, 15) is 9.59 Å². The molecule has 5 heteroatoms. The van der Waals surface area contributed by atoms with Gasteiger partial charge in [-0.3, -0.25) is 9.59 Å². The summed E-state index contributed by atoms with van der Waals surface area (Å²) in [5.41, 5.74) is 6.58. The summed E-state index contributed by atoms with van der Waals surface area (Å²) in [6, 6.07) is 8.70. The zero-order chi connectivity index (χ0) is 14.3. The smallest absolute Gasteiger partial charge is 0.242 e. The van der Waals surface area contributed by atoms with Crippen LogP contribution in [-0.4, -0.2) is 30.4 Å². The molecule has 19 heavy (non-hydrogen) atoms. The first-order chi connectivity index (χ1) is 9.00. The van der Waals surface area contributed by atoms with Crippen molar-refractivity contribution >= 4 is 11.8 Å². The molecule has 0 aliphatic carbocycles. The fourth-order valence-electron chi connectivity index (χ4n) is 1.54. The van der Waals surface area contributed by atoms with Crippen molar-refractivity contribution < 1.29 is 9.59 Å². The van der Waals surface area contributed by atoms with E-state index in [2.05, 4.69) is 10.6 Å². The SMILES string of the molecule is C[C@H](NC(=O)[C@@H](C)N)C(=O)NCCc1ccccc1. The van der Waals surface area contributed by atoms with Crippen molar-refractivity contribution in [3.8, 4) is 0 Å². The average Bonchev–Trinajstić information content (AvgIpc) is 2.39.